The molecule has 0 spiro atoms. The second kappa shape index (κ2) is 9.70. The standard InChI is InChI=1S/COSi.Ti/c2-1-3;. The topological polar surface area (TPSA) is 17.1 Å². The van der Waals surface area contributed by atoms with Crippen molar-refractivity contribution in [3.8, 4) is 0 Å². The van der Waals surface area contributed by atoms with Crippen LogP contribution >= 0.6 is 0 Å². The molecule has 0 aliphatic heterocycles. The van der Waals surface area contributed by atoms with E-state index < -0.39 is 0 Å². The summed E-state index contributed by atoms with van der Waals surface area (Å²) in [5.74, 6) is 0. The largest absolute Gasteiger partial charge is 0.243 e. The summed E-state index contributed by atoms with van der Waals surface area (Å²) in [6.45, 7) is 0. The normalized spacial score (nSPS) is 2.00. The molecule has 4 heavy (non-hydrogen) atoms. The maximum absolute atomic E-state index is 8.59. The molecule has 0 aliphatic carbocycles. The van der Waals surface area contributed by atoms with E-state index in [9.17, 15) is 0 Å². The predicted molar refractivity (Wildman–Crippen MR) is 11.4 cm³/mol. The molecule has 0 bridgehead atoms. The molecule has 0 aromatic heterocycles. The fourth-order valence-electron chi connectivity index (χ4n) is 0. The molecule has 0 rings (SSSR count). The van der Waals surface area contributed by atoms with Crippen molar-refractivity contribution in [2.45, 2.75) is 0 Å². The molecule has 0 atom stereocenters. The Hall–Kier alpha value is 0.511. The minimum absolute atomic E-state index is 0. The van der Waals surface area contributed by atoms with Crippen LogP contribution in [-0.2, 0) is 26.5 Å². The van der Waals surface area contributed by atoms with Crippen molar-refractivity contribution < 1.29 is 26.5 Å². The first-order chi connectivity index (χ1) is 1.41. The Morgan fingerprint density at radius 2 is 1.75 bits per heavy atom. The van der Waals surface area contributed by atoms with Gasteiger partial charge in [0.1, 0.15) is 0 Å². The fourth-order valence-corrected chi connectivity index (χ4v) is 0. The van der Waals surface area contributed by atoms with Crippen LogP contribution in [0.15, 0.2) is 0 Å². The van der Waals surface area contributed by atoms with Crippen molar-refractivity contribution in [2.24, 2.45) is 0 Å². The van der Waals surface area contributed by atoms with Crippen LogP contribution in [0.2, 0.25) is 0 Å². The molecule has 0 saturated carbocycles. The maximum atomic E-state index is 8.59. The third kappa shape index (κ3) is 21.9. The summed E-state index contributed by atoms with van der Waals surface area (Å²) >= 11 is 0. The molecule has 0 saturated heterocycles. The van der Waals surface area contributed by atoms with E-state index in [0.29, 0.717) is 0 Å². The second-order valence-corrected chi connectivity index (χ2v) is 0.306. The summed E-state index contributed by atoms with van der Waals surface area (Å²) in [7, 11) is 2.38. The van der Waals surface area contributed by atoms with Crippen molar-refractivity contribution in [2.75, 3.05) is 0 Å². The quantitative estimate of drug-likeness (QED) is 0.368. The van der Waals surface area contributed by atoms with Crippen LogP contribution < -0.4 is 0 Å². The minimum Gasteiger partial charge on any atom is -0.243 e. The van der Waals surface area contributed by atoms with Gasteiger partial charge in [0.2, 0.25) is 0 Å². The van der Waals surface area contributed by atoms with Gasteiger partial charge in [-0.05, 0) is 0 Å². The smallest absolute Gasteiger partial charge is 0.165 e. The van der Waals surface area contributed by atoms with Gasteiger partial charge >= 0.3 is 0 Å². The van der Waals surface area contributed by atoms with Crippen LogP contribution in [0.4, 0.5) is 0 Å². The van der Waals surface area contributed by atoms with E-state index in [2.05, 4.69) is 9.85 Å². The number of hydrogen-bond donors (Lipinski definition) is 0. The minimum atomic E-state index is 0. The summed E-state index contributed by atoms with van der Waals surface area (Å²) in [6.07, 6.45) is 0. The van der Waals surface area contributed by atoms with Gasteiger partial charge in [0.25, 0.3) is 0 Å². The molecule has 0 unspecified atom stereocenters. The molecule has 1 nitrogen and oxygen atoms in total. The maximum Gasteiger partial charge on any atom is 0.165 e. The summed E-state index contributed by atoms with van der Waals surface area (Å²) in [5.41, 5.74) is 1.31. The first kappa shape index (κ1) is 8.82. The Bertz CT molecular complexity index is 29.0. The van der Waals surface area contributed by atoms with E-state index in [1.165, 1.54) is 5.54 Å². The van der Waals surface area contributed by atoms with Crippen molar-refractivity contribution >= 4 is 15.4 Å². The van der Waals surface area contributed by atoms with Gasteiger partial charge in [-0.3, -0.25) is 0 Å². The molecule has 18 valence electrons. The van der Waals surface area contributed by atoms with E-state index in [-0.39, 0.29) is 21.7 Å². The molecule has 3 heteroatoms. The van der Waals surface area contributed by atoms with Crippen molar-refractivity contribution in [1.29, 1.82) is 0 Å². The van der Waals surface area contributed by atoms with Gasteiger partial charge < -0.3 is 0 Å². The van der Waals surface area contributed by atoms with Crippen LogP contribution in [0.25, 0.3) is 0 Å². The van der Waals surface area contributed by atoms with Crippen LogP contribution in [0.3, 0.4) is 0 Å². The molecular formula is COSiTi. The molecule has 0 amide bonds. The zero-order valence-electron chi connectivity index (χ0n) is 1.91. The van der Waals surface area contributed by atoms with Gasteiger partial charge in [-0.1, -0.05) is 0 Å². The first-order valence-electron chi connectivity index (χ1n) is 0.454. The number of hydrogen-bond acceptors (Lipinski definition) is 1. The van der Waals surface area contributed by atoms with Crippen LogP contribution in [0.1, 0.15) is 0 Å². The monoisotopic (exact) mass is 104 g/mol. The fraction of sp³-hybridized carbons (Fsp3) is 0. The third-order valence-electron chi connectivity index (χ3n) is 0. The van der Waals surface area contributed by atoms with Crippen LogP contribution in [0.5, 0.6) is 0 Å². The van der Waals surface area contributed by atoms with E-state index in [4.69, 9.17) is 4.79 Å². The number of carbonyl (C=O) groups excluding carboxylic acids is 1. The zero-order valence-corrected chi connectivity index (χ0v) is 4.47. The molecular weight excluding hydrogens is 104 g/mol. The molecule has 0 fully saturated rings. The second-order valence-electron chi connectivity index (χ2n) is 0.102. The Labute approximate surface area is 42.3 Å². The average Bonchev–Trinajstić information content (AvgIpc) is 0.918. The Morgan fingerprint density at radius 1 is 1.75 bits per heavy atom. The molecule has 0 aromatic carbocycles. The van der Waals surface area contributed by atoms with Crippen LogP contribution in [-0.4, -0.2) is 15.4 Å². The van der Waals surface area contributed by atoms with Gasteiger partial charge in [-0.25, -0.2) is 4.79 Å². The first-order valence-corrected chi connectivity index (χ1v) is 0.954. The van der Waals surface area contributed by atoms with E-state index >= 15 is 0 Å². The van der Waals surface area contributed by atoms with Gasteiger partial charge in [-0.15, -0.1) is 0 Å². The van der Waals surface area contributed by atoms with Gasteiger partial charge in [0.15, 0.2) is 9.85 Å². The Morgan fingerprint density at radius 3 is 1.75 bits per heavy atom. The summed E-state index contributed by atoms with van der Waals surface area (Å²) in [4.78, 5) is 8.59. The van der Waals surface area contributed by atoms with Crippen molar-refractivity contribution in [3.63, 3.8) is 0 Å². The average molecular weight is 104 g/mol. The van der Waals surface area contributed by atoms with E-state index in [1.54, 1.807) is 0 Å². The summed E-state index contributed by atoms with van der Waals surface area (Å²) in [5, 5.41) is 0. The third-order valence-corrected chi connectivity index (χ3v) is 0. The van der Waals surface area contributed by atoms with Gasteiger partial charge in [0.05, 0.1) is 5.54 Å². The Balaban J connectivity index is 0. The molecule has 0 aromatic rings. The number of rotatable bonds is 0. The summed E-state index contributed by atoms with van der Waals surface area (Å²) < 4.78 is 0. The summed E-state index contributed by atoms with van der Waals surface area (Å²) in [6, 6.07) is 0. The van der Waals surface area contributed by atoms with E-state index in [0.717, 1.165) is 0 Å². The zero-order chi connectivity index (χ0) is 2.71. The van der Waals surface area contributed by atoms with Crippen molar-refractivity contribution in [3.05, 3.63) is 0 Å². The van der Waals surface area contributed by atoms with Crippen molar-refractivity contribution in [1.82, 2.24) is 0 Å². The van der Waals surface area contributed by atoms with E-state index in [1.807, 2.05) is 0 Å². The molecule has 2 radical (unpaired) electrons. The molecule has 0 heterocycles. The molecule has 0 aliphatic rings. The van der Waals surface area contributed by atoms with Gasteiger partial charge in [-0.2, -0.15) is 0 Å². The predicted octanol–water partition coefficient (Wildman–Crippen LogP) is -0.780. The Kier molecular flexibility index (Phi) is 21.4. The van der Waals surface area contributed by atoms with Gasteiger partial charge in [0, 0.05) is 21.7 Å². The van der Waals surface area contributed by atoms with Crippen LogP contribution in [0, 0.1) is 0 Å². The SMILES string of the molecule is O=C=[Si].[Ti]. The molecule has 0 N–H and O–H groups in total.